The largest absolute Gasteiger partial charge is 0.357 e. The van der Waals surface area contributed by atoms with Crippen LogP contribution in [0.25, 0.3) is 0 Å². The third-order valence-corrected chi connectivity index (χ3v) is 2.34. The second-order valence-electron chi connectivity index (χ2n) is 3.38. The fraction of sp³-hybridized carbons (Fsp3) is 0.444. The van der Waals surface area contributed by atoms with E-state index in [-0.39, 0.29) is 11.9 Å². The van der Waals surface area contributed by atoms with Gasteiger partial charge in [0.1, 0.15) is 5.69 Å². The lowest BCUT2D eigenvalue weighted by molar-refractivity contribution is 0.0786. The molecule has 0 aromatic carbocycles. The van der Waals surface area contributed by atoms with Crippen LogP contribution in [0.4, 0.5) is 0 Å². The quantitative estimate of drug-likeness (QED) is 0.646. The van der Waals surface area contributed by atoms with Gasteiger partial charge in [0.25, 0.3) is 5.91 Å². The molecule has 1 aliphatic rings. The highest BCUT2D eigenvalue weighted by Crippen LogP contribution is 2.10. The summed E-state index contributed by atoms with van der Waals surface area (Å²) in [4.78, 5) is 16.4. The maximum absolute atomic E-state index is 11.7. The van der Waals surface area contributed by atoms with Crippen molar-refractivity contribution in [2.45, 2.75) is 12.5 Å². The molecular weight excluding hydrogens is 166 g/mol. The van der Waals surface area contributed by atoms with Crippen molar-refractivity contribution in [3.63, 3.8) is 0 Å². The van der Waals surface area contributed by atoms with Gasteiger partial charge in [-0.2, -0.15) is 0 Å². The summed E-state index contributed by atoms with van der Waals surface area (Å²) in [7, 11) is 0. The van der Waals surface area contributed by atoms with Crippen LogP contribution in [0, 0.1) is 0 Å². The van der Waals surface area contributed by atoms with Crippen molar-refractivity contribution in [3.8, 4) is 0 Å². The number of carbonyl (C=O) groups is 1. The van der Waals surface area contributed by atoms with E-state index >= 15 is 0 Å². The van der Waals surface area contributed by atoms with Crippen molar-refractivity contribution in [2.75, 3.05) is 13.1 Å². The lowest BCUT2D eigenvalue weighted by atomic mass is 10.3. The van der Waals surface area contributed by atoms with Crippen molar-refractivity contribution in [2.24, 2.45) is 5.73 Å². The monoisotopic (exact) mass is 179 g/mol. The Bertz CT molecular complexity index is 294. The van der Waals surface area contributed by atoms with Crippen LogP contribution in [0.5, 0.6) is 0 Å². The average Bonchev–Trinajstić information content (AvgIpc) is 2.72. The van der Waals surface area contributed by atoms with Crippen LogP contribution in [-0.4, -0.2) is 34.9 Å². The van der Waals surface area contributed by atoms with Crippen LogP contribution in [0.1, 0.15) is 16.9 Å². The Kier molecular flexibility index (Phi) is 2.06. The summed E-state index contributed by atoms with van der Waals surface area (Å²) in [5, 5.41) is 0. The van der Waals surface area contributed by atoms with E-state index in [2.05, 4.69) is 4.98 Å². The van der Waals surface area contributed by atoms with Crippen molar-refractivity contribution in [3.05, 3.63) is 24.0 Å². The van der Waals surface area contributed by atoms with Crippen LogP contribution < -0.4 is 5.73 Å². The molecule has 0 saturated carbocycles. The minimum absolute atomic E-state index is 0.0537. The van der Waals surface area contributed by atoms with Gasteiger partial charge in [0.15, 0.2) is 0 Å². The molecule has 1 unspecified atom stereocenters. The molecule has 0 aliphatic carbocycles. The van der Waals surface area contributed by atoms with Crippen LogP contribution in [0.3, 0.4) is 0 Å². The summed E-state index contributed by atoms with van der Waals surface area (Å²) in [5.41, 5.74) is 6.36. The van der Waals surface area contributed by atoms with Gasteiger partial charge in [-0.05, 0) is 18.6 Å². The van der Waals surface area contributed by atoms with E-state index in [0.29, 0.717) is 12.2 Å². The van der Waals surface area contributed by atoms with Gasteiger partial charge < -0.3 is 15.6 Å². The molecule has 1 aliphatic heterocycles. The van der Waals surface area contributed by atoms with Crippen LogP contribution in [0.2, 0.25) is 0 Å². The highest BCUT2D eigenvalue weighted by Gasteiger charge is 2.24. The number of aromatic nitrogens is 1. The number of hydrogen-bond acceptors (Lipinski definition) is 2. The van der Waals surface area contributed by atoms with Crippen LogP contribution in [-0.2, 0) is 0 Å². The topological polar surface area (TPSA) is 62.1 Å². The first-order valence-electron chi connectivity index (χ1n) is 4.45. The molecule has 0 spiro atoms. The second kappa shape index (κ2) is 3.22. The molecule has 2 heterocycles. The summed E-state index contributed by atoms with van der Waals surface area (Å²) in [6.45, 7) is 1.46. The fourth-order valence-corrected chi connectivity index (χ4v) is 1.61. The zero-order valence-corrected chi connectivity index (χ0v) is 7.36. The Morgan fingerprint density at radius 1 is 1.69 bits per heavy atom. The molecular formula is C9H13N3O. The summed E-state index contributed by atoms with van der Waals surface area (Å²) in [6, 6.07) is 3.76. The SMILES string of the molecule is NC1CCN(C(=O)c2ccc[nH]2)C1. The second-order valence-corrected chi connectivity index (χ2v) is 3.38. The van der Waals surface area contributed by atoms with E-state index in [1.165, 1.54) is 0 Å². The molecule has 1 fully saturated rings. The highest BCUT2D eigenvalue weighted by molar-refractivity contribution is 5.92. The first-order chi connectivity index (χ1) is 6.27. The molecule has 3 N–H and O–H groups in total. The van der Waals surface area contributed by atoms with Gasteiger partial charge in [0.2, 0.25) is 0 Å². The number of hydrogen-bond donors (Lipinski definition) is 2. The lowest BCUT2D eigenvalue weighted by Gasteiger charge is -2.14. The highest BCUT2D eigenvalue weighted by atomic mass is 16.2. The minimum Gasteiger partial charge on any atom is -0.357 e. The number of H-pyrrole nitrogens is 1. The summed E-state index contributed by atoms with van der Waals surface area (Å²) in [6.07, 6.45) is 2.66. The molecule has 1 saturated heterocycles. The maximum Gasteiger partial charge on any atom is 0.270 e. The number of nitrogens with zero attached hydrogens (tertiary/aromatic N) is 1. The molecule has 2 rings (SSSR count). The van der Waals surface area contributed by atoms with E-state index in [9.17, 15) is 4.79 Å². The van der Waals surface area contributed by atoms with E-state index in [1.54, 1.807) is 17.2 Å². The van der Waals surface area contributed by atoms with Crippen molar-refractivity contribution in [1.29, 1.82) is 0 Å². The molecule has 4 nitrogen and oxygen atoms in total. The molecule has 1 aromatic rings. The van der Waals surface area contributed by atoms with E-state index < -0.39 is 0 Å². The van der Waals surface area contributed by atoms with Gasteiger partial charge in [-0.3, -0.25) is 4.79 Å². The smallest absolute Gasteiger partial charge is 0.270 e. The predicted molar refractivity (Wildman–Crippen MR) is 49.3 cm³/mol. The Morgan fingerprint density at radius 3 is 3.08 bits per heavy atom. The molecule has 13 heavy (non-hydrogen) atoms. The standard InChI is InChI=1S/C9H13N3O/c10-7-3-5-12(6-7)9(13)8-2-1-4-11-8/h1-2,4,7,11H,3,5-6,10H2. The van der Waals surface area contributed by atoms with Crippen LogP contribution in [0.15, 0.2) is 18.3 Å². The van der Waals surface area contributed by atoms with Gasteiger partial charge in [-0.1, -0.05) is 0 Å². The Hall–Kier alpha value is -1.29. The Labute approximate surface area is 76.7 Å². The number of nitrogens with two attached hydrogens (primary N) is 1. The molecule has 1 atom stereocenters. The summed E-state index contributed by atoms with van der Waals surface area (Å²) >= 11 is 0. The fourth-order valence-electron chi connectivity index (χ4n) is 1.61. The first kappa shape index (κ1) is 8.31. The zero-order chi connectivity index (χ0) is 9.26. The van der Waals surface area contributed by atoms with Gasteiger partial charge in [-0.15, -0.1) is 0 Å². The number of nitrogens with one attached hydrogen (secondary N) is 1. The van der Waals surface area contributed by atoms with Gasteiger partial charge in [-0.25, -0.2) is 0 Å². The molecule has 0 bridgehead atoms. The normalized spacial score (nSPS) is 22.2. The van der Waals surface area contributed by atoms with Crippen molar-refractivity contribution in [1.82, 2.24) is 9.88 Å². The van der Waals surface area contributed by atoms with E-state index in [1.807, 2.05) is 6.07 Å². The van der Waals surface area contributed by atoms with Gasteiger partial charge in [0, 0.05) is 25.3 Å². The third-order valence-electron chi connectivity index (χ3n) is 2.34. The Balaban J connectivity index is 2.06. The molecule has 1 aromatic heterocycles. The zero-order valence-electron chi connectivity index (χ0n) is 7.36. The number of aromatic amines is 1. The van der Waals surface area contributed by atoms with E-state index in [4.69, 9.17) is 5.73 Å². The van der Waals surface area contributed by atoms with Gasteiger partial charge >= 0.3 is 0 Å². The molecule has 1 amide bonds. The third kappa shape index (κ3) is 1.58. The molecule has 0 radical (unpaired) electrons. The number of likely N-dealkylation sites (tertiary alicyclic amines) is 1. The van der Waals surface area contributed by atoms with Gasteiger partial charge in [0.05, 0.1) is 0 Å². The number of carbonyl (C=O) groups excluding carboxylic acids is 1. The molecule has 70 valence electrons. The summed E-state index contributed by atoms with van der Waals surface area (Å²) in [5.74, 6) is 0.0537. The predicted octanol–water partition coefficient (Wildman–Crippen LogP) is 0.188. The van der Waals surface area contributed by atoms with Crippen LogP contribution >= 0.6 is 0 Å². The average molecular weight is 179 g/mol. The van der Waals surface area contributed by atoms with Crippen molar-refractivity contribution >= 4 is 5.91 Å². The number of rotatable bonds is 1. The molecule has 4 heteroatoms. The minimum atomic E-state index is 0.0537. The van der Waals surface area contributed by atoms with E-state index in [0.717, 1.165) is 13.0 Å². The van der Waals surface area contributed by atoms with Crippen molar-refractivity contribution < 1.29 is 4.79 Å². The number of amides is 1. The Morgan fingerprint density at radius 2 is 2.54 bits per heavy atom. The lowest BCUT2D eigenvalue weighted by Crippen LogP contribution is -2.32. The maximum atomic E-state index is 11.7. The first-order valence-corrected chi connectivity index (χ1v) is 4.45. The summed E-state index contributed by atoms with van der Waals surface area (Å²) < 4.78 is 0.